The Morgan fingerprint density at radius 1 is 1.36 bits per heavy atom. The van der Waals surface area contributed by atoms with Crippen molar-refractivity contribution < 1.29 is 4.74 Å². The summed E-state index contributed by atoms with van der Waals surface area (Å²) in [5.41, 5.74) is 1.75. The minimum Gasteiger partial charge on any atom is -0.362 e. The van der Waals surface area contributed by atoms with Crippen molar-refractivity contribution >= 4 is 11.8 Å². The zero-order valence-corrected chi connectivity index (χ0v) is 7.01. The molecule has 0 N–H and O–H groups in total. The third-order valence-electron chi connectivity index (χ3n) is 1.58. The van der Waals surface area contributed by atoms with Crippen LogP contribution in [0.1, 0.15) is 5.56 Å². The summed E-state index contributed by atoms with van der Waals surface area (Å²) in [6, 6.07) is 10.3. The number of benzene rings is 1. The molecule has 1 heterocycles. The van der Waals surface area contributed by atoms with Crippen LogP contribution in [0.4, 0.5) is 0 Å². The first kappa shape index (κ1) is 7.19. The van der Waals surface area contributed by atoms with Crippen LogP contribution in [0.25, 0.3) is 0 Å². The lowest BCUT2D eigenvalue weighted by molar-refractivity contribution is 0.129. The van der Waals surface area contributed by atoms with E-state index in [-0.39, 0.29) is 0 Å². The Kier molecular flexibility index (Phi) is 2.15. The van der Waals surface area contributed by atoms with E-state index in [0.29, 0.717) is 5.44 Å². The van der Waals surface area contributed by atoms with Gasteiger partial charge in [-0.3, -0.25) is 0 Å². The van der Waals surface area contributed by atoms with Crippen LogP contribution < -0.4 is 0 Å². The Balaban J connectivity index is 1.85. The molecule has 1 saturated heterocycles. The molecule has 2 rings (SSSR count). The topological polar surface area (TPSA) is 9.23 Å². The number of hydrogen-bond donors (Lipinski definition) is 0. The van der Waals surface area contributed by atoms with Crippen molar-refractivity contribution in [2.45, 2.75) is 12.0 Å². The first-order chi connectivity index (χ1) is 5.45. The molecule has 1 atom stereocenters. The molecule has 0 bridgehead atoms. The van der Waals surface area contributed by atoms with Gasteiger partial charge in [0.05, 0.1) is 6.61 Å². The third kappa shape index (κ3) is 2.24. The summed E-state index contributed by atoms with van der Waals surface area (Å²) in [6.45, 7) is 0.762. The molecule has 0 aromatic heterocycles. The zero-order valence-electron chi connectivity index (χ0n) is 6.19. The smallest absolute Gasteiger partial charge is 0.112 e. The van der Waals surface area contributed by atoms with Crippen molar-refractivity contribution in [1.82, 2.24) is 0 Å². The van der Waals surface area contributed by atoms with Crippen molar-refractivity contribution in [1.29, 1.82) is 0 Å². The number of thioether (sulfide) groups is 1. The predicted octanol–water partition coefficient (Wildman–Crippen LogP) is 2.28. The molecule has 1 aromatic carbocycles. The van der Waals surface area contributed by atoms with E-state index in [9.17, 15) is 0 Å². The van der Waals surface area contributed by atoms with E-state index in [2.05, 4.69) is 12.1 Å². The molecular weight excluding hydrogens is 156 g/mol. The molecule has 58 valence electrons. The van der Waals surface area contributed by atoms with Gasteiger partial charge in [0.15, 0.2) is 0 Å². The second-order valence-electron chi connectivity index (χ2n) is 2.56. The molecule has 0 amide bonds. The van der Waals surface area contributed by atoms with Crippen molar-refractivity contribution in [2.24, 2.45) is 0 Å². The minimum atomic E-state index is 0.482. The maximum absolute atomic E-state index is 5.50. The quantitative estimate of drug-likeness (QED) is 0.637. The van der Waals surface area contributed by atoms with E-state index < -0.39 is 0 Å². The highest BCUT2D eigenvalue weighted by Gasteiger charge is 2.22. The van der Waals surface area contributed by atoms with E-state index in [1.165, 1.54) is 11.3 Å². The molecule has 2 heteroatoms. The fourth-order valence-corrected chi connectivity index (χ4v) is 1.24. The fraction of sp³-hybridized carbons (Fsp3) is 0.333. The molecule has 0 spiro atoms. The van der Waals surface area contributed by atoms with E-state index in [1.807, 2.05) is 30.0 Å². The van der Waals surface area contributed by atoms with Gasteiger partial charge in [-0.25, -0.2) is 0 Å². The standard InChI is InChI=1S/C9H10OS/c1-2-4-8(5-3-1)6-10-9-7-11-9/h1-5,9H,6-7H2. The Bertz CT molecular complexity index is 218. The van der Waals surface area contributed by atoms with Gasteiger partial charge in [0, 0.05) is 5.75 Å². The van der Waals surface area contributed by atoms with Crippen LogP contribution in [0.15, 0.2) is 30.3 Å². The molecule has 0 saturated carbocycles. The van der Waals surface area contributed by atoms with Crippen molar-refractivity contribution in [3.8, 4) is 0 Å². The number of ether oxygens (including phenoxy) is 1. The highest BCUT2D eigenvalue weighted by atomic mass is 32.2. The van der Waals surface area contributed by atoms with Crippen molar-refractivity contribution in [3.63, 3.8) is 0 Å². The third-order valence-corrected chi connectivity index (χ3v) is 2.32. The van der Waals surface area contributed by atoms with Gasteiger partial charge in [0.1, 0.15) is 5.44 Å². The fourth-order valence-electron chi connectivity index (χ4n) is 0.899. The second-order valence-corrected chi connectivity index (χ2v) is 3.75. The van der Waals surface area contributed by atoms with Crippen LogP contribution in [0.2, 0.25) is 0 Å². The van der Waals surface area contributed by atoms with E-state index in [1.54, 1.807) is 0 Å². The number of hydrogen-bond acceptors (Lipinski definition) is 2. The molecule has 0 aliphatic carbocycles. The van der Waals surface area contributed by atoms with Crippen molar-refractivity contribution in [2.75, 3.05) is 5.75 Å². The van der Waals surface area contributed by atoms with E-state index in [0.717, 1.165) is 6.61 Å². The van der Waals surface area contributed by atoms with Crippen LogP contribution in [-0.4, -0.2) is 11.2 Å². The molecule has 0 radical (unpaired) electrons. The van der Waals surface area contributed by atoms with Gasteiger partial charge < -0.3 is 4.74 Å². The molecule has 1 nitrogen and oxygen atoms in total. The summed E-state index contributed by atoms with van der Waals surface area (Å²) in [6.07, 6.45) is 0. The van der Waals surface area contributed by atoms with Crippen LogP contribution in [-0.2, 0) is 11.3 Å². The summed E-state index contributed by atoms with van der Waals surface area (Å²) in [5, 5.41) is 0. The first-order valence-electron chi connectivity index (χ1n) is 3.72. The van der Waals surface area contributed by atoms with Crippen LogP contribution in [0.3, 0.4) is 0 Å². The molecule has 1 aromatic rings. The van der Waals surface area contributed by atoms with E-state index >= 15 is 0 Å². The van der Waals surface area contributed by atoms with Gasteiger partial charge in [0.2, 0.25) is 0 Å². The monoisotopic (exact) mass is 166 g/mol. The van der Waals surface area contributed by atoms with Crippen molar-refractivity contribution in [3.05, 3.63) is 35.9 Å². The molecule has 1 aliphatic heterocycles. The minimum absolute atomic E-state index is 0.482. The lowest BCUT2D eigenvalue weighted by Crippen LogP contribution is -1.93. The molecule has 1 aliphatic rings. The SMILES string of the molecule is c1ccc(COC2CS2)cc1. The normalized spacial score (nSPS) is 21.6. The first-order valence-corrected chi connectivity index (χ1v) is 4.77. The summed E-state index contributed by atoms with van der Waals surface area (Å²) >= 11 is 1.87. The van der Waals surface area contributed by atoms with Gasteiger partial charge in [-0.1, -0.05) is 30.3 Å². The molecule has 1 fully saturated rings. The lowest BCUT2D eigenvalue weighted by Gasteiger charge is -1.99. The highest BCUT2D eigenvalue weighted by Crippen LogP contribution is 2.31. The maximum atomic E-state index is 5.50. The zero-order chi connectivity index (χ0) is 7.52. The average Bonchev–Trinajstić information content (AvgIpc) is 2.86. The van der Waals surface area contributed by atoms with Gasteiger partial charge in [-0.2, -0.15) is 0 Å². The summed E-state index contributed by atoms with van der Waals surface area (Å²) in [7, 11) is 0. The van der Waals surface area contributed by atoms with E-state index in [4.69, 9.17) is 4.74 Å². The average molecular weight is 166 g/mol. The van der Waals surface area contributed by atoms with Crippen LogP contribution in [0.5, 0.6) is 0 Å². The summed E-state index contributed by atoms with van der Waals surface area (Å²) in [5.74, 6) is 1.17. The van der Waals surface area contributed by atoms with Gasteiger partial charge in [-0.15, -0.1) is 11.8 Å². The maximum Gasteiger partial charge on any atom is 0.112 e. The number of rotatable bonds is 3. The highest BCUT2D eigenvalue weighted by molar-refractivity contribution is 8.06. The lowest BCUT2D eigenvalue weighted by atomic mass is 10.2. The Hall–Kier alpha value is -0.470. The van der Waals surface area contributed by atoms with Gasteiger partial charge >= 0.3 is 0 Å². The molecule has 11 heavy (non-hydrogen) atoms. The van der Waals surface area contributed by atoms with Crippen LogP contribution >= 0.6 is 11.8 Å². The van der Waals surface area contributed by atoms with Gasteiger partial charge in [-0.05, 0) is 5.56 Å². The largest absolute Gasteiger partial charge is 0.362 e. The Morgan fingerprint density at radius 2 is 2.09 bits per heavy atom. The summed E-state index contributed by atoms with van der Waals surface area (Å²) < 4.78 is 5.50. The predicted molar refractivity (Wildman–Crippen MR) is 47.5 cm³/mol. The molecular formula is C9H10OS. The van der Waals surface area contributed by atoms with Crippen LogP contribution in [0, 0.1) is 0 Å². The Labute approximate surface area is 70.8 Å². The Morgan fingerprint density at radius 3 is 2.73 bits per heavy atom. The molecule has 1 unspecified atom stereocenters. The second kappa shape index (κ2) is 3.28. The summed E-state index contributed by atoms with van der Waals surface area (Å²) in [4.78, 5) is 0. The van der Waals surface area contributed by atoms with Gasteiger partial charge in [0.25, 0.3) is 0 Å².